The quantitative estimate of drug-likeness (QED) is 0.399. The molecule has 0 aromatic carbocycles. The first-order valence-corrected chi connectivity index (χ1v) is 3.98. The number of rotatable bonds is 5. The molecule has 1 aromatic heterocycles. The van der Waals surface area contributed by atoms with Crippen LogP contribution in [0.2, 0.25) is 0 Å². The molecule has 0 amide bonds. The molecule has 0 unspecified atom stereocenters. The predicted octanol–water partition coefficient (Wildman–Crippen LogP) is 1.54. The summed E-state index contributed by atoms with van der Waals surface area (Å²) in [6, 6.07) is 1.33. The Kier molecular flexibility index (Phi) is 3.36. The van der Waals surface area contributed by atoms with Crippen molar-refractivity contribution in [2.75, 3.05) is 6.67 Å². The summed E-state index contributed by atoms with van der Waals surface area (Å²) >= 11 is 0. The predicted molar refractivity (Wildman–Crippen MR) is 44.1 cm³/mol. The minimum atomic E-state index is -0.550. The first-order chi connectivity index (χ1) is 6.24. The van der Waals surface area contributed by atoms with E-state index in [0.29, 0.717) is 19.4 Å². The second-order valence-corrected chi connectivity index (χ2v) is 2.59. The Labute approximate surface area is 74.3 Å². The zero-order valence-electron chi connectivity index (χ0n) is 7.02. The monoisotopic (exact) mass is 187 g/mol. The van der Waals surface area contributed by atoms with Gasteiger partial charge >= 0.3 is 5.82 Å². The number of halogens is 1. The number of aromatic nitrogens is 2. The zero-order valence-corrected chi connectivity index (χ0v) is 7.02. The molecule has 0 fully saturated rings. The van der Waals surface area contributed by atoms with Gasteiger partial charge in [-0.15, -0.1) is 0 Å². The molecule has 0 atom stereocenters. The lowest BCUT2D eigenvalue weighted by Gasteiger charge is -1.93. The minimum absolute atomic E-state index is 0.166. The van der Waals surface area contributed by atoms with Crippen molar-refractivity contribution in [1.82, 2.24) is 9.78 Å². The van der Waals surface area contributed by atoms with E-state index in [1.165, 1.54) is 16.9 Å². The maximum atomic E-state index is 11.7. The molecule has 5 nitrogen and oxygen atoms in total. The first-order valence-electron chi connectivity index (χ1n) is 3.98. The Morgan fingerprint density at radius 1 is 1.62 bits per heavy atom. The number of aryl methyl sites for hydroxylation is 1. The van der Waals surface area contributed by atoms with Crippen molar-refractivity contribution in [2.45, 2.75) is 19.4 Å². The molecule has 13 heavy (non-hydrogen) atoms. The molecule has 0 bridgehead atoms. The number of nitro groups is 1. The van der Waals surface area contributed by atoms with E-state index in [1.54, 1.807) is 0 Å². The van der Waals surface area contributed by atoms with E-state index in [9.17, 15) is 14.5 Å². The van der Waals surface area contributed by atoms with Crippen molar-refractivity contribution < 1.29 is 9.31 Å². The summed E-state index contributed by atoms with van der Waals surface area (Å²) in [5.74, 6) is -0.166. The average molecular weight is 187 g/mol. The second kappa shape index (κ2) is 4.54. The van der Waals surface area contributed by atoms with Gasteiger partial charge in [0.25, 0.3) is 0 Å². The molecule has 0 aliphatic carbocycles. The van der Waals surface area contributed by atoms with Gasteiger partial charge in [0, 0.05) is 0 Å². The van der Waals surface area contributed by atoms with Crippen molar-refractivity contribution in [1.29, 1.82) is 0 Å². The van der Waals surface area contributed by atoms with E-state index in [1.807, 2.05) is 0 Å². The fourth-order valence-electron chi connectivity index (χ4n) is 0.941. The van der Waals surface area contributed by atoms with Crippen LogP contribution in [0.3, 0.4) is 0 Å². The van der Waals surface area contributed by atoms with Crippen LogP contribution in [0.15, 0.2) is 12.3 Å². The van der Waals surface area contributed by atoms with Crippen LogP contribution in [0.1, 0.15) is 12.8 Å². The van der Waals surface area contributed by atoms with Crippen LogP contribution in [0.4, 0.5) is 10.2 Å². The van der Waals surface area contributed by atoms with Gasteiger partial charge in [0.2, 0.25) is 0 Å². The van der Waals surface area contributed by atoms with E-state index in [0.717, 1.165) is 0 Å². The number of alkyl halides is 1. The molecule has 0 aliphatic rings. The first kappa shape index (κ1) is 9.63. The number of nitrogens with zero attached hydrogens (tertiary/aromatic N) is 3. The largest absolute Gasteiger partial charge is 0.389 e. The molecule has 0 aliphatic heterocycles. The molecule has 0 N–H and O–H groups in total. The van der Waals surface area contributed by atoms with Crippen LogP contribution in [0.5, 0.6) is 0 Å². The van der Waals surface area contributed by atoms with Crippen molar-refractivity contribution in [2.24, 2.45) is 0 Å². The minimum Gasteiger partial charge on any atom is -0.358 e. The molecule has 1 heterocycles. The number of unbranched alkanes of at least 4 members (excludes halogenated alkanes) is 1. The lowest BCUT2D eigenvalue weighted by molar-refractivity contribution is -0.389. The normalized spacial score (nSPS) is 10.2. The Bertz CT molecular complexity index is 287. The highest BCUT2D eigenvalue weighted by atomic mass is 19.1. The molecular weight excluding hydrogens is 177 g/mol. The lowest BCUT2D eigenvalue weighted by Crippen LogP contribution is -2.00. The Hall–Kier alpha value is -1.46. The summed E-state index contributed by atoms with van der Waals surface area (Å²) in [7, 11) is 0. The SMILES string of the molecule is O=[N+]([O-])c1ccn(CCCCF)n1. The van der Waals surface area contributed by atoms with Crippen LogP contribution >= 0.6 is 0 Å². The number of hydrogen-bond acceptors (Lipinski definition) is 3. The van der Waals surface area contributed by atoms with Gasteiger partial charge in [0.1, 0.15) is 0 Å². The fraction of sp³-hybridized carbons (Fsp3) is 0.571. The Balaban J connectivity index is 2.44. The van der Waals surface area contributed by atoms with Gasteiger partial charge in [-0.1, -0.05) is 0 Å². The van der Waals surface area contributed by atoms with Crippen LogP contribution in [0, 0.1) is 10.1 Å². The smallest absolute Gasteiger partial charge is 0.358 e. The van der Waals surface area contributed by atoms with Gasteiger partial charge in [0.15, 0.2) is 0 Å². The molecule has 0 radical (unpaired) electrons. The molecule has 0 spiro atoms. The maximum absolute atomic E-state index is 11.7. The summed E-state index contributed by atoms with van der Waals surface area (Å²) in [6.45, 7) is 0.168. The van der Waals surface area contributed by atoms with Gasteiger partial charge in [0.05, 0.1) is 30.6 Å². The maximum Gasteiger partial charge on any atom is 0.389 e. The summed E-state index contributed by atoms with van der Waals surface area (Å²) in [5.41, 5.74) is 0. The van der Waals surface area contributed by atoms with Crippen LogP contribution in [-0.4, -0.2) is 21.4 Å². The van der Waals surface area contributed by atoms with E-state index in [4.69, 9.17) is 0 Å². The Morgan fingerprint density at radius 3 is 2.92 bits per heavy atom. The van der Waals surface area contributed by atoms with Gasteiger partial charge < -0.3 is 10.1 Å². The summed E-state index contributed by atoms with van der Waals surface area (Å²) in [4.78, 5) is 9.66. The Morgan fingerprint density at radius 2 is 2.38 bits per heavy atom. The lowest BCUT2D eigenvalue weighted by atomic mass is 10.3. The zero-order chi connectivity index (χ0) is 9.68. The summed E-state index contributed by atoms with van der Waals surface area (Å²) < 4.78 is 13.1. The van der Waals surface area contributed by atoms with Crippen molar-refractivity contribution >= 4 is 5.82 Å². The molecule has 72 valence electrons. The van der Waals surface area contributed by atoms with Crippen molar-refractivity contribution in [3.05, 3.63) is 22.4 Å². The van der Waals surface area contributed by atoms with E-state index in [2.05, 4.69) is 5.10 Å². The van der Waals surface area contributed by atoms with Gasteiger partial charge in [-0.25, -0.2) is 0 Å². The van der Waals surface area contributed by atoms with Gasteiger partial charge in [-0.2, -0.15) is 4.68 Å². The van der Waals surface area contributed by atoms with Gasteiger partial charge in [-0.05, 0) is 17.8 Å². The van der Waals surface area contributed by atoms with Crippen LogP contribution in [0.25, 0.3) is 0 Å². The van der Waals surface area contributed by atoms with E-state index in [-0.39, 0.29) is 12.5 Å². The highest BCUT2D eigenvalue weighted by Gasteiger charge is 2.09. The fourth-order valence-corrected chi connectivity index (χ4v) is 0.941. The molecule has 0 saturated carbocycles. The van der Waals surface area contributed by atoms with E-state index >= 15 is 0 Å². The third-order valence-corrected chi connectivity index (χ3v) is 1.58. The average Bonchev–Trinajstić information content (AvgIpc) is 2.53. The number of hydrogen-bond donors (Lipinski definition) is 0. The molecule has 1 rings (SSSR count). The third-order valence-electron chi connectivity index (χ3n) is 1.58. The van der Waals surface area contributed by atoms with Gasteiger partial charge in [-0.3, -0.25) is 4.39 Å². The molecule has 6 heteroatoms. The second-order valence-electron chi connectivity index (χ2n) is 2.59. The van der Waals surface area contributed by atoms with Crippen LogP contribution < -0.4 is 0 Å². The van der Waals surface area contributed by atoms with Crippen LogP contribution in [-0.2, 0) is 6.54 Å². The highest BCUT2D eigenvalue weighted by molar-refractivity contribution is 5.13. The van der Waals surface area contributed by atoms with Crippen molar-refractivity contribution in [3.8, 4) is 0 Å². The topological polar surface area (TPSA) is 61.0 Å². The van der Waals surface area contributed by atoms with E-state index < -0.39 is 4.92 Å². The molecule has 0 saturated heterocycles. The summed E-state index contributed by atoms with van der Waals surface area (Å²) in [5, 5.41) is 13.9. The van der Waals surface area contributed by atoms with Crippen molar-refractivity contribution in [3.63, 3.8) is 0 Å². The standard InChI is InChI=1S/C7H10FN3O2/c8-4-1-2-5-10-6-3-7(9-10)11(12)13/h3,6H,1-2,4-5H2. The molecular formula is C7H10FN3O2. The highest BCUT2D eigenvalue weighted by Crippen LogP contribution is 2.06. The molecule has 1 aromatic rings. The third kappa shape index (κ3) is 2.81. The summed E-state index contributed by atoms with van der Waals surface area (Å²) in [6.07, 6.45) is 2.64.